The second-order valence-electron chi connectivity index (χ2n) is 6.67. The van der Waals surface area contributed by atoms with Gasteiger partial charge in [-0.05, 0) is 68.3 Å². The van der Waals surface area contributed by atoms with Crippen LogP contribution in [0.1, 0.15) is 18.1 Å². The Hall–Kier alpha value is -2.44. The van der Waals surface area contributed by atoms with E-state index in [9.17, 15) is 9.59 Å². The van der Waals surface area contributed by atoms with E-state index in [0.717, 1.165) is 11.1 Å². The summed E-state index contributed by atoms with van der Waals surface area (Å²) in [7, 11) is 0. The molecule has 0 aliphatic carbocycles. The molecule has 1 atom stereocenters. The van der Waals surface area contributed by atoms with Gasteiger partial charge in [0.25, 0.3) is 11.8 Å². The number of rotatable bonds is 9. The minimum Gasteiger partial charge on any atom is -0.484 e. The highest BCUT2D eigenvalue weighted by molar-refractivity contribution is 6.31. The van der Waals surface area contributed by atoms with Gasteiger partial charge in [-0.3, -0.25) is 9.59 Å². The van der Waals surface area contributed by atoms with Gasteiger partial charge in [-0.2, -0.15) is 0 Å². The predicted octanol–water partition coefficient (Wildman–Crippen LogP) is 3.69. The van der Waals surface area contributed by atoms with Crippen molar-refractivity contribution >= 4 is 35.0 Å². The largest absolute Gasteiger partial charge is 0.484 e. The maximum absolute atomic E-state index is 12.0. The molecular formula is C21H24Cl2N2O4. The lowest BCUT2D eigenvalue weighted by Gasteiger charge is -2.16. The summed E-state index contributed by atoms with van der Waals surface area (Å²) in [6.07, 6.45) is 0. The Morgan fingerprint density at radius 3 is 1.86 bits per heavy atom. The average Bonchev–Trinajstić information content (AvgIpc) is 2.65. The van der Waals surface area contributed by atoms with E-state index < -0.39 is 0 Å². The van der Waals surface area contributed by atoms with E-state index in [2.05, 4.69) is 10.6 Å². The Balaban J connectivity index is 1.68. The summed E-state index contributed by atoms with van der Waals surface area (Å²) in [5.41, 5.74) is 1.70. The van der Waals surface area contributed by atoms with E-state index in [4.69, 9.17) is 32.7 Å². The summed E-state index contributed by atoms with van der Waals surface area (Å²) in [4.78, 5) is 24.0. The summed E-state index contributed by atoms with van der Waals surface area (Å²) in [5.74, 6) is 0.628. The highest BCUT2D eigenvalue weighted by atomic mass is 35.5. The summed E-state index contributed by atoms with van der Waals surface area (Å²) in [6.45, 7) is 5.51. The van der Waals surface area contributed by atoms with Gasteiger partial charge in [0, 0.05) is 22.6 Å². The van der Waals surface area contributed by atoms with Gasteiger partial charge in [-0.15, -0.1) is 0 Å². The number of carbonyl (C=O) groups is 2. The average molecular weight is 439 g/mol. The van der Waals surface area contributed by atoms with Crippen LogP contribution in [0.15, 0.2) is 36.4 Å². The molecule has 6 nitrogen and oxygen atoms in total. The van der Waals surface area contributed by atoms with Gasteiger partial charge in [0.15, 0.2) is 13.2 Å². The number of halogens is 2. The first-order valence-corrected chi connectivity index (χ1v) is 9.84. The van der Waals surface area contributed by atoms with E-state index in [1.807, 2.05) is 13.8 Å². The number of carbonyl (C=O) groups excluding carboxylic acids is 2. The minimum atomic E-state index is -0.284. The molecule has 156 valence electrons. The molecule has 0 saturated heterocycles. The lowest BCUT2D eigenvalue weighted by Crippen LogP contribution is -2.44. The lowest BCUT2D eigenvalue weighted by atomic mass is 10.2. The van der Waals surface area contributed by atoms with Crippen LogP contribution in [-0.2, 0) is 9.59 Å². The molecule has 0 saturated carbocycles. The fourth-order valence-corrected chi connectivity index (χ4v) is 2.97. The summed E-state index contributed by atoms with van der Waals surface area (Å²) in [5, 5.41) is 6.70. The quantitative estimate of drug-likeness (QED) is 0.625. The van der Waals surface area contributed by atoms with Crippen molar-refractivity contribution in [1.29, 1.82) is 0 Å². The number of aryl methyl sites for hydroxylation is 2. The van der Waals surface area contributed by atoms with E-state index >= 15 is 0 Å². The van der Waals surface area contributed by atoms with Gasteiger partial charge in [-0.25, -0.2) is 0 Å². The topological polar surface area (TPSA) is 76.7 Å². The van der Waals surface area contributed by atoms with Gasteiger partial charge in [-0.1, -0.05) is 23.2 Å². The molecule has 0 bridgehead atoms. The van der Waals surface area contributed by atoms with E-state index in [0.29, 0.717) is 21.5 Å². The molecule has 2 N–H and O–H groups in total. The lowest BCUT2D eigenvalue weighted by molar-refractivity contribution is -0.125. The fourth-order valence-electron chi connectivity index (χ4n) is 2.52. The van der Waals surface area contributed by atoms with Gasteiger partial charge >= 0.3 is 0 Å². The molecule has 0 aliphatic heterocycles. The fraction of sp³-hybridized carbons (Fsp3) is 0.333. The van der Waals surface area contributed by atoms with Crippen molar-refractivity contribution in [1.82, 2.24) is 10.6 Å². The number of hydrogen-bond donors (Lipinski definition) is 2. The summed E-state index contributed by atoms with van der Waals surface area (Å²) < 4.78 is 11.0. The minimum absolute atomic E-state index is 0.123. The summed E-state index contributed by atoms with van der Waals surface area (Å²) >= 11 is 11.8. The van der Waals surface area contributed by atoms with Crippen LogP contribution in [0.2, 0.25) is 10.0 Å². The zero-order valence-corrected chi connectivity index (χ0v) is 18.1. The summed E-state index contributed by atoms with van der Waals surface area (Å²) in [6, 6.07) is 10.1. The number of ether oxygens (including phenoxy) is 2. The van der Waals surface area contributed by atoms with Crippen LogP contribution in [0.3, 0.4) is 0 Å². The van der Waals surface area contributed by atoms with Crippen molar-refractivity contribution in [3.8, 4) is 11.5 Å². The Bertz CT molecular complexity index is 874. The van der Waals surface area contributed by atoms with Gasteiger partial charge in [0.1, 0.15) is 11.5 Å². The van der Waals surface area contributed by atoms with Crippen LogP contribution < -0.4 is 20.1 Å². The van der Waals surface area contributed by atoms with Crippen molar-refractivity contribution in [3.05, 3.63) is 57.6 Å². The maximum atomic E-state index is 12.0. The molecule has 0 aliphatic rings. The monoisotopic (exact) mass is 438 g/mol. The van der Waals surface area contributed by atoms with E-state index in [-0.39, 0.29) is 37.6 Å². The molecule has 0 fully saturated rings. The molecule has 0 aromatic heterocycles. The molecular weight excluding hydrogens is 415 g/mol. The highest BCUT2D eigenvalue weighted by Gasteiger charge is 2.11. The third-order valence-corrected chi connectivity index (χ3v) is 4.47. The number of hydrogen-bond acceptors (Lipinski definition) is 4. The molecule has 2 aromatic rings. The third-order valence-electron chi connectivity index (χ3n) is 4.00. The van der Waals surface area contributed by atoms with Crippen molar-refractivity contribution in [2.45, 2.75) is 26.8 Å². The zero-order valence-electron chi connectivity index (χ0n) is 16.6. The molecule has 2 amide bonds. The zero-order chi connectivity index (χ0) is 21.4. The predicted molar refractivity (Wildman–Crippen MR) is 114 cm³/mol. The second kappa shape index (κ2) is 10.9. The number of benzene rings is 2. The van der Waals surface area contributed by atoms with Crippen LogP contribution in [0.5, 0.6) is 11.5 Å². The molecule has 0 heterocycles. The first-order chi connectivity index (χ1) is 13.7. The van der Waals surface area contributed by atoms with Crippen molar-refractivity contribution in [3.63, 3.8) is 0 Å². The highest BCUT2D eigenvalue weighted by Crippen LogP contribution is 2.22. The molecule has 0 unspecified atom stereocenters. The van der Waals surface area contributed by atoms with Crippen molar-refractivity contribution < 1.29 is 19.1 Å². The Morgan fingerprint density at radius 1 is 0.897 bits per heavy atom. The Kier molecular flexibility index (Phi) is 8.61. The Labute approximate surface area is 180 Å². The second-order valence-corrected chi connectivity index (χ2v) is 7.54. The van der Waals surface area contributed by atoms with Crippen LogP contribution >= 0.6 is 23.2 Å². The molecule has 2 rings (SSSR count). The number of nitrogens with one attached hydrogen (secondary N) is 2. The van der Waals surface area contributed by atoms with Gasteiger partial charge in [0.2, 0.25) is 0 Å². The number of amides is 2. The molecule has 29 heavy (non-hydrogen) atoms. The van der Waals surface area contributed by atoms with E-state index in [1.54, 1.807) is 43.3 Å². The van der Waals surface area contributed by atoms with Crippen LogP contribution in [-0.4, -0.2) is 37.6 Å². The normalized spacial score (nSPS) is 11.5. The van der Waals surface area contributed by atoms with Crippen LogP contribution in [0, 0.1) is 13.8 Å². The standard InChI is InChI=1S/C21H24Cl2N2O4/c1-13-8-16(22)4-6-18(13)28-11-20(26)24-10-15(3)25-21(27)12-29-19-7-5-17(23)9-14(19)2/h4-9,15H,10-12H2,1-3H3,(H,24,26)(H,25,27)/t15-/m0/s1. The first-order valence-electron chi connectivity index (χ1n) is 9.08. The van der Waals surface area contributed by atoms with Crippen LogP contribution in [0.25, 0.3) is 0 Å². The first kappa shape index (κ1) is 22.8. The Morgan fingerprint density at radius 2 is 1.38 bits per heavy atom. The molecule has 0 radical (unpaired) electrons. The van der Waals surface area contributed by atoms with Crippen molar-refractivity contribution in [2.24, 2.45) is 0 Å². The van der Waals surface area contributed by atoms with E-state index in [1.165, 1.54) is 0 Å². The molecule has 0 spiro atoms. The van der Waals surface area contributed by atoms with Crippen LogP contribution in [0.4, 0.5) is 0 Å². The molecule has 8 heteroatoms. The van der Waals surface area contributed by atoms with Gasteiger partial charge < -0.3 is 20.1 Å². The maximum Gasteiger partial charge on any atom is 0.258 e. The smallest absolute Gasteiger partial charge is 0.258 e. The SMILES string of the molecule is Cc1cc(Cl)ccc1OCC(=O)NC[C@H](C)NC(=O)COc1ccc(Cl)cc1C. The van der Waals surface area contributed by atoms with Gasteiger partial charge in [0.05, 0.1) is 0 Å². The third kappa shape index (κ3) is 7.83. The van der Waals surface area contributed by atoms with Crippen molar-refractivity contribution in [2.75, 3.05) is 19.8 Å². The molecule has 2 aromatic carbocycles.